The van der Waals surface area contributed by atoms with Gasteiger partial charge in [0, 0.05) is 30.8 Å². The standard InChI is InChI=1S/C20H21ClN6OS/c21-17-14(3-7-23-18(17)22)29-16-2-1-13-19(26-16)24-11-15(25-13)27-8-4-20(5-9-27)6-10-28-12-20/h1-3,7,11H,4-6,8-10,12H2,(H2,22,23). The maximum absolute atomic E-state index is 6.24. The van der Waals surface area contributed by atoms with E-state index in [1.165, 1.54) is 18.2 Å². The van der Waals surface area contributed by atoms with E-state index in [2.05, 4.69) is 19.9 Å². The molecule has 0 aromatic carbocycles. The Balaban J connectivity index is 1.34. The molecular formula is C20H21ClN6OS. The third-order valence-electron chi connectivity index (χ3n) is 5.79. The maximum atomic E-state index is 6.24. The molecule has 2 saturated heterocycles. The van der Waals surface area contributed by atoms with E-state index in [0.29, 0.717) is 21.9 Å². The second-order valence-corrected chi connectivity index (χ2v) is 9.06. The van der Waals surface area contributed by atoms with Gasteiger partial charge in [-0.3, -0.25) is 0 Å². The predicted octanol–water partition coefficient (Wildman–Crippen LogP) is 3.81. The van der Waals surface area contributed by atoms with Crippen LogP contribution in [0.1, 0.15) is 19.3 Å². The van der Waals surface area contributed by atoms with Crippen molar-refractivity contribution in [1.29, 1.82) is 0 Å². The first kappa shape index (κ1) is 18.8. The Morgan fingerprint density at radius 1 is 1.10 bits per heavy atom. The molecule has 0 bridgehead atoms. The smallest absolute Gasteiger partial charge is 0.179 e. The molecule has 0 atom stereocenters. The number of pyridine rings is 2. The molecule has 150 valence electrons. The predicted molar refractivity (Wildman–Crippen MR) is 114 cm³/mol. The third kappa shape index (κ3) is 3.72. The lowest BCUT2D eigenvalue weighted by Crippen LogP contribution is -2.40. The van der Waals surface area contributed by atoms with Crippen LogP contribution in [0.4, 0.5) is 11.6 Å². The number of nitrogens with two attached hydrogens (primary N) is 1. The number of nitrogen functional groups attached to an aromatic ring is 1. The van der Waals surface area contributed by atoms with Crippen LogP contribution < -0.4 is 10.6 Å². The number of rotatable bonds is 3. The molecule has 0 radical (unpaired) electrons. The van der Waals surface area contributed by atoms with Crippen LogP contribution in [-0.2, 0) is 4.74 Å². The molecular weight excluding hydrogens is 408 g/mol. The number of nitrogens with zero attached hydrogens (tertiary/aromatic N) is 5. The number of ether oxygens (including phenoxy) is 1. The van der Waals surface area contributed by atoms with Gasteiger partial charge in [-0.1, -0.05) is 23.4 Å². The SMILES string of the molecule is Nc1nccc(Sc2ccc3nc(N4CCC5(CCOC5)CC4)cnc3n2)c1Cl. The number of halogens is 1. The van der Waals surface area contributed by atoms with Gasteiger partial charge in [0.05, 0.1) is 17.8 Å². The van der Waals surface area contributed by atoms with E-state index in [4.69, 9.17) is 27.1 Å². The number of fused-ring (bicyclic) bond motifs is 1. The summed E-state index contributed by atoms with van der Waals surface area (Å²) in [5.41, 5.74) is 7.57. The largest absolute Gasteiger partial charge is 0.382 e. The molecule has 5 heterocycles. The van der Waals surface area contributed by atoms with E-state index in [9.17, 15) is 0 Å². The molecule has 0 aliphatic carbocycles. The number of hydrogen-bond donors (Lipinski definition) is 1. The minimum Gasteiger partial charge on any atom is -0.382 e. The minimum absolute atomic E-state index is 0.314. The van der Waals surface area contributed by atoms with Crippen LogP contribution in [0.3, 0.4) is 0 Å². The number of hydrogen-bond acceptors (Lipinski definition) is 8. The van der Waals surface area contributed by atoms with E-state index in [1.807, 2.05) is 24.4 Å². The van der Waals surface area contributed by atoms with Crippen LogP contribution in [0, 0.1) is 5.41 Å². The van der Waals surface area contributed by atoms with Gasteiger partial charge in [0.2, 0.25) is 0 Å². The zero-order valence-electron chi connectivity index (χ0n) is 15.8. The van der Waals surface area contributed by atoms with Crippen molar-refractivity contribution in [1.82, 2.24) is 19.9 Å². The quantitative estimate of drug-likeness (QED) is 0.673. The molecule has 7 nitrogen and oxygen atoms in total. The maximum Gasteiger partial charge on any atom is 0.179 e. The minimum atomic E-state index is 0.314. The van der Waals surface area contributed by atoms with Gasteiger partial charge in [-0.2, -0.15) is 0 Å². The molecule has 5 rings (SSSR count). The molecule has 0 amide bonds. The van der Waals surface area contributed by atoms with E-state index in [-0.39, 0.29) is 0 Å². The summed E-state index contributed by atoms with van der Waals surface area (Å²) in [7, 11) is 0. The summed E-state index contributed by atoms with van der Waals surface area (Å²) in [5.74, 6) is 1.23. The molecule has 2 N–H and O–H groups in total. The lowest BCUT2D eigenvalue weighted by Gasteiger charge is -2.38. The summed E-state index contributed by atoms with van der Waals surface area (Å²) in [4.78, 5) is 21.1. The van der Waals surface area contributed by atoms with Crippen molar-refractivity contribution in [2.75, 3.05) is 36.9 Å². The molecule has 3 aromatic heterocycles. The zero-order chi connectivity index (χ0) is 19.8. The molecule has 9 heteroatoms. The molecule has 1 spiro atoms. The van der Waals surface area contributed by atoms with Gasteiger partial charge in [-0.05, 0) is 42.9 Å². The second kappa shape index (κ2) is 7.59. The van der Waals surface area contributed by atoms with Crippen molar-refractivity contribution < 1.29 is 4.74 Å². The highest BCUT2D eigenvalue weighted by atomic mass is 35.5. The summed E-state index contributed by atoms with van der Waals surface area (Å²) < 4.78 is 5.63. The second-order valence-electron chi connectivity index (χ2n) is 7.62. The monoisotopic (exact) mass is 428 g/mol. The van der Waals surface area contributed by atoms with Gasteiger partial charge in [0.1, 0.15) is 22.2 Å². The topological polar surface area (TPSA) is 90.0 Å². The van der Waals surface area contributed by atoms with Crippen molar-refractivity contribution >= 4 is 46.2 Å². The Morgan fingerprint density at radius 3 is 2.76 bits per heavy atom. The van der Waals surface area contributed by atoms with Crippen LogP contribution in [0.2, 0.25) is 5.02 Å². The highest BCUT2D eigenvalue weighted by molar-refractivity contribution is 7.99. The van der Waals surface area contributed by atoms with Crippen LogP contribution in [0.5, 0.6) is 0 Å². The van der Waals surface area contributed by atoms with Crippen molar-refractivity contribution in [2.24, 2.45) is 5.41 Å². The highest BCUT2D eigenvalue weighted by Gasteiger charge is 2.38. The van der Waals surface area contributed by atoms with Gasteiger partial charge in [-0.25, -0.2) is 19.9 Å². The van der Waals surface area contributed by atoms with Gasteiger partial charge < -0.3 is 15.4 Å². The van der Waals surface area contributed by atoms with E-state index in [1.54, 1.807) is 6.20 Å². The first-order chi connectivity index (χ1) is 14.1. The molecule has 2 aliphatic heterocycles. The summed E-state index contributed by atoms with van der Waals surface area (Å²) in [5, 5.41) is 1.23. The summed E-state index contributed by atoms with van der Waals surface area (Å²) in [6.45, 7) is 3.79. The Morgan fingerprint density at radius 2 is 1.97 bits per heavy atom. The summed E-state index contributed by atoms with van der Waals surface area (Å²) >= 11 is 7.67. The van der Waals surface area contributed by atoms with E-state index in [0.717, 1.165) is 60.4 Å². The summed E-state index contributed by atoms with van der Waals surface area (Å²) in [6.07, 6.45) is 6.94. The van der Waals surface area contributed by atoms with Crippen molar-refractivity contribution in [3.05, 3.63) is 35.6 Å². The molecule has 0 saturated carbocycles. The number of piperidine rings is 1. The fraction of sp³-hybridized carbons (Fsp3) is 0.400. The van der Waals surface area contributed by atoms with Gasteiger partial charge in [-0.15, -0.1) is 0 Å². The number of anilines is 2. The van der Waals surface area contributed by atoms with Crippen LogP contribution in [-0.4, -0.2) is 46.2 Å². The Labute approximate surface area is 178 Å². The van der Waals surface area contributed by atoms with Crippen molar-refractivity contribution in [2.45, 2.75) is 29.2 Å². The fourth-order valence-electron chi connectivity index (χ4n) is 3.97. The van der Waals surface area contributed by atoms with Crippen molar-refractivity contribution in [3.63, 3.8) is 0 Å². The third-order valence-corrected chi connectivity index (χ3v) is 7.30. The average Bonchev–Trinajstić information content (AvgIpc) is 3.19. The zero-order valence-corrected chi connectivity index (χ0v) is 17.4. The highest BCUT2D eigenvalue weighted by Crippen LogP contribution is 2.40. The van der Waals surface area contributed by atoms with Crippen molar-refractivity contribution in [3.8, 4) is 0 Å². The normalized spacial score (nSPS) is 18.6. The summed E-state index contributed by atoms with van der Waals surface area (Å²) in [6, 6.07) is 5.71. The molecule has 0 unspecified atom stereocenters. The van der Waals surface area contributed by atoms with Crippen LogP contribution in [0.15, 0.2) is 40.5 Å². The Hall–Kier alpha value is -2.16. The first-order valence-electron chi connectivity index (χ1n) is 9.66. The van der Waals surface area contributed by atoms with Gasteiger partial charge >= 0.3 is 0 Å². The van der Waals surface area contributed by atoms with E-state index < -0.39 is 0 Å². The molecule has 29 heavy (non-hydrogen) atoms. The Bertz CT molecular complexity index is 1050. The van der Waals surface area contributed by atoms with Gasteiger partial charge in [0.15, 0.2) is 5.65 Å². The number of aromatic nitrogens is 4. The van der Waals surface area contributed by atoms with Gasteiger partial charge in [0.25, 0.3) is 0 Å². The first-order valence-corrected chi connectivity index (χ1v) is 10.9. The lowest BCUT2D eigenvalue weighted by atomic mass is 9.78. The lowest BCUT2D eigenvalue weighted by molar-refractivity contribution is 0.133. The Kier molecular flexibility index (Phi) is 4.93. The molecule has 2 fully saturated rings. The molecule has 3 aromatic rings. The van der Waals surface area contributed by atoms with Crippen LogP contribution >= 0.6 is 23.4 Å². The average molecular weight is 429 g/mol. The fourth-order valence-corrected chi connectivity index (χ4v) is 5.02. The van der Waals surface area contributed by atoms with Crippen LogP contribution in [0.25, 0.3) is 11.2 Å². The molecule has 2 aliphatic rings. The van der Waals surface area contributed by atoms with E-state index >= 15 is 0 Å².